The van der Waals surface area contributed by atoms with Crippen molar-refractivity contribution >= 4 is 39.5 Å². The predicted molar refractivity (Wildman–Crippen MR) is 124 cm³/mol. The molecule has 1 N–H and O–H groups in total. The highest BCUT2D eigenvalue weighted by molar-refractivity contribution is 7.92. The lowest BCUT2D eigenvalue weighted by Crippen LogP contribution is -2.12. The molecule has 0 radical (unpaired) electrons. The maximum Gasteiger partial charge on any atom is 0.261 e. The Kier molecular flexibility index (Phi) is 7.09. The van der Waals surface area contributed by atoms with E-state index in [0.29, 0.717) is 28.0 Å². The van der Waals surface area contributed by atoms with Gasteiger partial charge in [0.05, 0.1) is 26.2 Å². The van der Waals surface area contributed by atoms with Crippen molar-refractivity contribution in [2.75, 3.05) is 26.1 Å². The Bertz CT molecular complexity index is 1170. The lowest BCUT2D eigenvalue weighted by molar-refractivity contribution is 0.324. The normalized spacial score (nSPS) is 11.4. The summed E-state index contributed by atoms with van der Waals surface area (Å²) in [5.74, 6) is 1.61. The average Bonchev–Trinajstić information content (AvgIpc) is 2.77. The van der Waals surface area contributed by atoms with Crippen molar-refractivity contribution in [2.24, 2.45) is 0 Å². The Morgan fingerprint density at radius 2 is 1.42 bits per heavy atom. The molecule has 3 aromatic rings. The van der Waals surface area contributed by atoms with E-state index < -0.39 is 10.0 Å². The Hall–Kier alpha value is -3.16. The van der Waals surface area contributed by atoms with Crippen LogP contribution in [0.2, 0.25) is 5.02 Å². The van der Waals surface area contributed by atoms with Crippen molar-refractivity contribution in [3.05, 3.63) is 76.8 Å². The van der Waals surface area contributed by atoms with Crippen LogP contribution in [-0.2, 0) is 10.0 Å². The van der Waals surface area contributed by atoms with Crippen LogP contribution in [0.25, 0.3) is 12.2 Å². The van der Waals surface area contributed by atoms with Gasteiger partial charge in [-0.25, -0.2) is 8.42 Å². The number of rotatable bonds is 8. The topological polar surface area (TPSA) is 73.9 Å². The zero-order valence-corrected chi connectivity index (χ0v) is 18.8. The van der Waals surface area contributed by atoms with Crippen molar-refractivity contribution in [1.29, 1.82) is 0 Å². The first kappa shape index (κ1) is 22.5. The van der Waals surface area contributed by atoms with Gasteiger partial charge in [-0.1, -0.05) is 35.9 Å². The van der Waals surface area contributed by atoms with Crippen molar-refractivity contribution in [1.82, 2.24) is 0 Å². The van der Waals surface area contributed by atoms with E-state index in [1.54, 1.807) is 39.5 Å². The van der Waals surface area contributed by atoms with Gasteiger partial charge < -0.3 is 14.2 Å². The second kappa shape index (κ2) is 9.76. The van der Waals surface area contributed by atoms with E-state index in [2.05, 4.69) is 4.72 Å². The molecule has 3 aromatic carbocycles. The molecule has 0 saturated heterocycles. The molecule has 31 heavy (non-hydrogen) atoms. The van der Waals surface area contributed by atoms with Gasteiger partial charge in [0.1, 0.15) is 0 Å². The highest BCUT2D eigenvalue weighted by atomic mass is 35.5. The molecule has 0 aromatic heterocycles. The molecule has 0 aliphatic carbocycles. The summed E-state index contributed by atoms with van der Waals surface area (Å²) in [4.78, 5) is 0.135. The van der Waals surface area contributed by atoms with Gasteiger partial charge in [-0.05, 0) is 59.7 Å². The van der Waals surface area contributed by atoms with Crippen molar-refractivity contribution < 1.29 is 22.6 Å². The third kappa shape index (κ3) is 5.51. The number of hydrogen-bond donors (Lipinski definition) is 1. The molecule has 3 rings (SSSR count). The molecule has 0 aliphatic rings. The molecule has 0 bridgehead atoms. The summed E-state index contributed by atoms with van der Waals surface area (Å²) >= 11 is 5.84. The first-order valence-corrected chi connectivity index (χ1v) is 11.1. The smallest absolute Gasteiger partial charge is 0.261 e. The summed E-state index contributed by atoms with van der Waals surface area (Å²) in [5, 5.41) is 0.470. The maximum absolute atomic E-state index is 12.6. The van der Waals surface area contributed by atoms with Gasteiger partial charge in [0.15, 0.2) is 11.5 Å². The molecule has 0 fully saturated rings. The van der Waals surface area contributed by atoms with Gasteiger partial charge >= 0.3 is 0 Å². The molecule has 0 amide bonds. The fourth-order valence-corrected chi connectivity index (χ4v) is 4.10. The van der Waals surface area contributed by atoms with Gasteiger partial charge in [-0.15, -0.1) is 0 Å². The van der Waals surface area contributed by atoms with E-state index in [1.807, 2.05) is 30.4 Å². The average molecular weight is 460 g/mol. The minimum absolute atomic E-state index is 0.135. The maximum atomic E-state index is 12.6. The number of nitrogens with one attached hydrogen (secondary N) is 1. The molecule has 0 unspecified atom stereocenters. The summed E-state index contributed by atoms with van der Waals surface area (Å²) in [6.45, 7) is 0. The van der Waals surface area contributed by atoms with Crippen LogP contribution in [0.15, 0.2) is 65.6 Å². The van der Waals surface area contributed by atoms with Gasteiger partial charge in [0.25, 0.3) is 10.0 Å². The minimum Gasteiger partial charge on any atom is -0.493 e. The second-order valence-electron chi connectivity index (χ2n) is 6.48. The van der Waals surface area contributed by atoms with Crippen molar-refractivity contribution in [2.45, 2.75) is 4.90 Å². The van der Waals surface area contributed by atoms with E-state index in [0.717, 1.165) is 11.1 Å². The molecular weight excluding hydrogens is 438 g/mol. The highest BCUT2D eigenvalue weighted by Crippen LogP contribution is 2.38. The molecule has 0 spiro atoms. The predicted octanol–water partition coefficient (Wildman–Crippen LogP) is 5.34. The lowest BCUT2D eigenvalue weighted by atomic mass is 10.1. The Morgan fingerprint density at radius 1 is 0.806 bits per heavy atom. The molecule has 0 atom stereocenters. The Morgan fingerprint density at radius 3 is 2.00 bits per heavy atom. The summed E-state index contributed by atoms with van der Waals surface area (Å²) in [5.41, 5.74) is 2.09. The van der Waals surface area contributed by atoms with Gasteiger partial charge in [-0.2, -0.15) is 0 Å². The SMILES string of the molecule is COc1cc(/C=C\c2cccc(NS(=O)(=O)c3ccc(Cl)cc3)c2)cc(OC)c1OC. The Labute approximate surface area is 187 Å². The van der Waals surface area contributed by atoms with Crippen LogP contribution in [0.3, 0.4) is 0 Å². The van der Waals surface area contributed by atoms with Gasteiger partial charge in [0.2, 0.25) is 5.75 Å². The quantitative estimate of drug-likeness (QED) is 0.460. The summed E-state index contributed by atoms with van der Waals surface area (Å²) in [7, 11) is 0.942. The van der Waals surface area contributed by atoms with E-state index >= 15 is 0 Å². The van der Waals surface area contributed by atoms with Crippen LogP contribution >= 0.6 is 11.6 Å². The number of halogens is 1. The molecule has 0 heterocycles. The number of anilines is 1. The highest BCUT2D eigenvalue weighted by Gasteiger charge is 2.14. The largest absolute Gasteiger partial charge is 0.493 e. The zero-order valence-electron chi connectivity index (χ0n) is 17.3. The lowest BCUT2D eigenvalue weighted by Gasteiger charge is -2.12. The van der Waals surface area contributed by atoms with Crippen LogP contribution in [-0.4, -0.2) is 29.7 Å². The number of ether oxygens (including phenoxy) is 3. The van der Waals surface area contributed by atoms with E-state index in [4.69, 9.17) is 25.8 Å². The summed E-state index contributed by atoms with van der Waals surface area (Å²) in [6, 6.07) is 16.7. The molecule has 0 saturated carbocycles. The molecule has 8 heteroatoms. The van der Waals surface area contributed by atoms with Crippen LogP contribution in [0.5, 0.6) is 17.2 Å². The standard InChI is InChI=1S/C23H22ClNO5S/c1-28-21-14-17(15-22(29-2)23(21)30-3)8-7-16-5-4-6-19(13-16)25-31(26,27)20-11-9-18(24)10-12-20/h4-15,25H,1-3H3/b8-7-. The van der Waals surface area contributed by atoms with Gasteiger partial charge in [-0.3, -0.25) is 4.72 Å². The second-order valence-corrected chi connectivity index (χ2v) is 8.60. The fourth-order valence-electron chi connectivity index (χ4n) is 2.92. The third-order valence-electron chi connectivity index (χ3n) is 4.42. The number of sulfonamides is 1. The number of methoxy groups -OCH3 is 3. The van der Waals surface area contributed by atoms with Crippen LogP contribution in [0, 0.1) is 0 Å². The van der Waals surface area contributed by atoms with Crippen molar-refractivity contribution in [3.63, 3.8) is 0 Å². The van der Waals surface area contributed by atoms with Crippen LogP contribution < -0.4 is 18.9 Å². The van der Waals surface area contributed by atoms with Crippen LogP contribution in [0.1, 0.15) is 11.1 Å². The van der Waals surface area contributed by atoms with Crippen molar-refractivity contribution in [3.8, 4) is 17.2 Å². The molecule has 162 valence electrons. The summed E-state index contributed by atoms with van der Waals surface area (Å²) < 4.78 is 43.8. The third-order valence-corrected chi connectivity index (χ3v) is 6.07. The fraction of sp³-hybridized carbons (Fsp3) is 0.130. The first-order valence-electron chi connectivity index (χ1n) is 9.23. The molecular formula is C23H22ClNO5S. The van der Waals surface area contributed by atoms with Gasteiger partial charge in [0, 0.05) is 10.7 Å². The Balaban J connectivity index is 1.84. The number of benzene rings is 3. The zero-order chi connectivity index (χ0) is 22.4. The number of hydrogen-bond acceptors (Lipinski definition) is 5. The van der Waals surface area contributed by atoms with E-state index in [9.17, 15) is 8.42 Å². The summed E-state index contributed by atoms with van der Waals surface area (Å²) in [6.07, 6.45) is 3.73. The molecule has 0 aliphatic heterocycles. The van der Waals surface area contributed by atoms with E-state index in [1.165, 1.54) is 24.3 Å². The minimum atomic E-state index is -3.72. The van der Waals surface area contributed by atoms with E-state index in [-0.39, 0.29) is 4.90 Å². The van der Waals surface area contributed by atoms with Crippen LogP contribution in [0.4, 0.5) is 5.69 Å². The monoisotopic (exact) mass is 459 g/mol. The molecule has 6 nitrogen and oxygen atoms in total. The first-order chi connectivity index (χ1) is 14.9.